The van der Waals surface area contributed by atoms with Gasteiger partial charge >= 0.3 is 5.97 Å². The van der Waals surface area contributed by atoms with Crippen LogP contribution in [0.4, 0.5) is 0 Å². The number of carbonyl (C=O) groups is 1. The number of nitriles is 1. The van der Waals surface area contributed by atoms with Crippen LogP contribution in [0.3, 0.4) is 0 Å². The van der Waals surface area contributed by atoms with Crippen LogP contribution in [0.5, 0.6) is 0 Å². The van der Waals surface area contributed by atoms with Crippen LogP contribution < -0.4 is 0 Å². The van der Waals surface area contributed by atoms with E-state index in [4.69, 9.17) is 18.8 Å². The lowest BCUT2D eigenvalue weighted by Crippen LogP contribution is -2.07. The first-order chi connectivity index (χ1) is 15.2. The highest BCUT2D eigenvalue weighted by Gasteiger charge is 2.14. The number of benzene rings is 3. The number of carbonyl (C=O) groups excluding carboxylic acids is 1. The predicted octanol–water partition coefficient (Wildman–Crippen LogP) is 5.40. The third-order valence-electron chi connectivity index (χ3n) is 4.97. The molecular weight excluding hydrogens is 392 g/mol. The summed E-state index contributed by atoms with van der Waals surface area (Å²) in [6.45, 7) is -0.0105. The van der Waals surface area contributed by atoms with E-state index >= 15 is 0 Å². The number of hydrogen-bond acceptors (Lipinski definition) is 6. The zero-order chi connectivity index (χ0) is 21.2. The van der Waals surface area contributed by atoms with Crippen molar-refractivity contribution in [1.82, 2.24) is 4.98 Å². The normalized spacial score (nSPS) is 10.9. The third kappa shape index (κ3) is 3.77. The minimum atomic E-state index is -0.417. The molecule has 0 bridgehead atoms. The van der Waals surface area contributed by atoms with Crippen molar-refractivity contribution >= 4 is 27.7 Å². The van der Waals surface area contributed by atoms with Crippen molar-refractivity contribution in [3.8, 4) is 17.5 Å². The first-order valence-corrected chi connectivity index (χ1v) is 9.70. The number of aromatic nitrogens is 1. The Kier molecular flexibility index (Phi) is 4.70. The molecule has 5 aromatic rings. The van der Waals surface area contributed by atoms with E-state index in [-0.39, 0.29) is 13.0 Å². The van der Waals surface area contributed by atoms with Gasteiger partial charge in [0.1, 0.15) is 36.3 Å². The molecule has 0 aliphatic heterocycles. The van der Waals surface area contributed by atoms with E-state index in [0.717, 1.165) is 21.7 Å². The van der Waals surface area contributed by atoms with E-state index in [2.05, 4.69) is 11.1 Å². The van der Waals surface area contributed by atoms with Crippen LogP contribution in [0.2, 0.25) is 0 Å². The Hall–Kier alpha value is -4.37. The molecule has 0 saturated carbocycles. The van der Waals surface area contributed by atoms with Crippen LogP contribution in [0.25, 0.3) is 33.2 Å². The standard InChI is InChI=1S/C25H16N2O4/c26-13-16-4-3-6-18(10-16)25-27-19(15-30-25)14-29-24(28)12-20-11-22-21-7-2-1-5-17(21)8-9-23(22)31-20/h1-11,15H,12,14H2. The monoisotopic (exact) mass is 408 g/mol. The quantitative estimate of drug-likeness (QED) is 0.362. The largest absolute Gasteiger partial charge is 0.460 e. The van der Waals surface area contributed by atoms with Gasteiger partial charge in [-0.2, -0.15) is 5.26 Å². The van der Waals surface area contributed by atoms with Crippen LogP contribution in [0.1, 0.15) is 17.0 Å². The van der Waals surface area contributed by atoms with Gasteiger partial charge in [-0.1, -0.05) is 36.4 Å². The molecule has 0 spiro atoms. The Morgan fingerprint density at radius 3 is 2.84 bits per heavy atom. The molecule has 6 nitrogen and oxygen atoms in total. The summed E-state index contributed by atoms with van der Waals surface area (Å²) in [5, 5.41) is 12.2. The first kappa shape index (κ1) is 18.6. The summed E-state index contributed by atoms with van der Waals surface area (Å²) in [7, 11) is 0. The van der Waals surface area contributed by atoms with Crippen molar-refractivity contribution in [3.05, 3.63) is 90.0 Å². The van der Waals surface area contributed by atoms with E-state index in [1.165, 1.54) is 6.26 Å². The Labute approximate surface area is 177 Å². The molecule has 6 heteroatoms. The van der Waals surface area contributed by atoms with Gasteiger partial charge in [0.05, 0.1) is 11.6 Å². The molecule has 0 N–H and O–H groups in total. The van der Waals surface area contributed by atoms with E-state index in [1.54, 1.807) is 24.3 Å². The number of oxazole rings is 1. The van der Waals surface area contributed by atoms with E-state index in [9.17, 15) is 4.79 Å². The lowest BCUT2D eigenvalue weighted by molar-refractivity contribution is -0.144. The molecule has 150 valence electrons. The third-order valence-corrected chi connectivity index (χ3v) is 4.97. The number of nitrogens with zero attached hydrogens (tertiary/aromatic N) is 2. The summed E-state index contributed by atoms with van der Waals surface area (Å²) in [6.07, 6.45) is 1.47. The SMILES string of the molecule is N#Cc1cccc(-c2nc(COC(=O)Cc3cc4c(ccc5ccccc54)o3)co2)c1. The second-order valence-corrected chi connectivity index (χ2v) is 7.09. The van der Waals surface area contributed by atoms with Crippen molar-refractivity contribution < 1.29 is 18.4 Å². The van der Waals surface area contributed by atoms with E-state index in [1.807, 2.05) is 42.5 Å². The number of rotatable bonds is 5. The van der Waals surface area contributed by atoms with Gasteiger partial charge in [-0.25, -0.2) is 4.98 Å². The van der Waals surface area contributed by atoms with Gasteiger partial charge in [0.2, 0.25) is 5.89 Å². The first-order valence-electron chi connectivity index (χ1n) is 9.70. The Morgan fingerprint density at radius 2 is 1.94 bits per heavy atom. The highest BCUT2D eigenvalue weighted by Crippen LogP contribution is 2.28. The Morgan fingerprint density at radius 1 is 1.03 bits per heavy atom. The average Bonchev–Trinajstić information content (AvgIpc) is 3.44. The van der Waals surface area contributed by atoms with Gasteiger partial charge in [-0.3, -0.25) is 4.79 Å². The Bertz CT molecular complexity index is 1460. The van der Waals surface area contributed by atoms with Gasteiger partial charge in [0.25, 0.3) is 0 Å². The fourth-order valence-electron chi connectivity index (χ4n) is 3.51. The molecule has 0 saturated heterocycles. The number of fused-ring (bicyclic) bond motifs is 3. The smallest absolute Gasteiger partial charge is 0.313 e. The maximum atomic E-state index is 12.3. The molecule has 31 heavy (non-hydrogen) atoms. The summed E-state index contributed by atoms with van der Waals surface area (Å²) in [5.74, 6) is 0.497. The number of furan rings is 1. The number of ether oxygens (including phenoxy) is 1. The van der Waals surface area contributed by atoms with Crippen LogP contribution in [-0.4, -0.2) is 11.0 Å². The van der Waals surface area contributed by atoms with Crippen LogP contribution in [0.15, 0.2) is 81.8 Å². The molecule has 0 aliphatic rings. The molecule has 2 aromatic heterocycles. The summed E-state index contributed by atoms with van der Waals surface area (Å²) in [6, 6.07) is 22.9. The predicted molar refractivity (Wildman–Crippen MR) is 114 cm³/mol. The molecule has 0 atom stereocenters. The van der Waals surface area contributed by atoms with Gasteiger partial charge in [-0.05, 0) is 41.1 Å². The molecule has 0 aliphatic carbocycles. The van der Waals surface area contributed by atoms with Crippen molar-refractivity contribution in [3.63, 3.8) is 0 Å². The van der Waals surface area contributed by atoms with Crippen molar-refractivity contribution in [1.29, 1.82) is 5.26 Å². The molecule has 0 unspecified atom stereocenters. The summed E-state index contributed by atoms with van der Waals surface area (Å²) in [5.41, 5.74) is 2.43. The van der Waals surface area contributed by atoms with Gasteiger partial charge in [-0.15, -0.1) is 0 Å². The van der Waals surface area contributed by atoms with Gasteiger partial charge in [0, 0.05) is 10.9 Å². The van der Waals surface area contributed by atoms with E-state index in [0.29, 0.717) is 28.5 Å². The molecule has 0 fully saturated rings. The van der Waals surface area contributed by atoms with Crippen LogP contribution >= 0.6 is 0 Å². The lowest BCUT2D eigenvalue weighted by atomic mass is 10.1. The zero-order valence-corrected chi connectivity index (χ0v) is 16.4. The van der Waals surface area contributed by atoms with Crippen molar-refractivity contribution in [2.24, 2.45) is 0 Å². The Balaban J connectivity index is 1.26. The number of hydrogen-bond donors (Lipinski definition) is 0. The molecule has 5 rings (SSSR count). The van der Waals surface area contributed by atoms with Gasteiger partial charge in [0.15, 0.2) is 0 Å². The fourth-order valence-corrected chi connectivity index (χ4v) is 3.51. The van der Waals surface area contributed by atoms with Crippen LogP contribution in [0, 0.1) is 11.3 Å². The molecule has 0 radical (unpaired) electrons. The van der Waals surface area contributed by atoms with Crippen molar-refractivity contribution in [2.45, 2.75) is 13.0 Å². The summed E-state index contributed by atoms with van der Waals surface area (Å²) < 4.78 is 16.6. The van der Waals surface area contributed by atoms with E-state index < -0.39 is 5.97 Å². The molecule has 2 heterocycles. The fraction of sp³-hybridized carbons (Fsp3) is 0.0800. The molecular formula is C25H16N2O4. The highest BCUT2D eigenvalue weighted by molar-refractivity contribution is 6.06. The second-order valence-electron chi connectivity index (χ2n) is 7.09. The summed E-state index contributed by atoms with van der Waals surface area (Å²) in [4.78, 5) is 16.6. The average molecular weight is 408 g/mol. The second kappa shape index (κ2) is 7.81. The lowest BCUT2D eigenvalue weighted by Gasteiger charge is -2.00. The minimum absolute atomic E-state index is 0.0105. The highest BCUT2D eigenvalue weighted by atomic mass is 16.5. The molecule has 0 amide bonds. The zero-order valence-electron chi connectivity index (χ0n) is 16.4. The topological polar surface area (TPSA) is 89.3 Å². The van der Waals surface area contributed by atoms with Crippen molar-refractivity contribution in [2.75, 3.05) is 0 Å². The maximum absolute atomic E-state index is 12.3. The van der Waals surface area contributed by atoms with Crippen LogP contribution in [-0.2, 0) is 22.6 Å². The minimum Gasteiger partial charge on any atom is -0.460 e. The summed E-state index contributed by atoms with van der Waals surface area (Å²) >= 11 is 0. The van der Waals surface area contributed by atoms with Gasteiger partial charge < -0.3 is 13.6 Å². The number of esters is 1. The maximum Gasteiger partial charge on any atom is 0.313 e. The molecule has 3 aromatic carbocycles.